The molecular formula is C19H30N4O3. The lowest BCUT2D eigenvalue weighted by Gasteiger charge is -2.46. The second-order valence-electron chi connectivity index (χ2n) is 7.44. The monoisotopic (exact) mass is 362 g/mol. The van der Waals surface area contributed by atoms with E-state index in [4.69, 9.17) is 0 Å². The molecule has 7 heteroatoms. The molecule has 0 aromatic carbocycles. The number of piperidine rings is 1. The van der Waals surface area contributed by atoms with Crippen LogP contribution in [0.15, 0.2) is 18.3 Å². The van der Waals surface area contributed by atoms with Gasteiger partial charge in [0, 0.05) is 58.1 Å². The maximum Gasteiger partial charge on any atom is 0.276 e. The Morgan fingerprint density at radius 1 is 1.27 bits per heavy atom. The minimum absolute atomic E-state index is 0.0643. The number of aromatic nitrogens is 1. The third-order valence-corrected chi connectivity index (χ3v) is 5.71. The molecule has 0 unspecified atom stereocenters. The van der Waals surface area contributed by atoms with E-state index >= 15 is 0 Å². The fourth-order valence-electron chi connectivity index (χ4n) is 4.19. The van der Waals surface area contributed by atoms with Crippen LogP contribution in [0.1, 0.15) is 29.8 Å². The summed E-state index contributed by atoms with van der Waals surface area (Å²) in [5.74, 6) is 0.0774. The smallest absolute Gasteiger partial charge is 0.276 e. The van der Waals surface area contributed by atoms with E-state index in [1.807, 2.05) is 4.90 Å². The van der Waals surface area contributed by atoms with E-state index in [1.54, 1.807) is 6.07 Å². The molecule has 2 fully saturated rings. The molecule has 0 bridgehead atoms. The highest BCUT2D eigenvalue weighted by molar-refractivity contribution is 5.94. The van der Waals surface area contributed by atoms with Gasteiger partial charge >= 0.3 is 0 Å². The topological polar surface area (TPSA) is 80.1 Å². The first-order valence-electron chi connectivity index (χ1n) is 9.57. The molecule has 2 N–H and O–H groups in total. The number of aliphatic hydroxyl groups is 1. The normalized spacial score (nSPS) is 25.4. The molecule has 0 aliphatic carbocycles. The van der Waals surface area contributed by atoms with E-state index < -0.39 is 0 Å². The van der Waals surface area contributed by atoms with Crippen molar-refractivity contribution in [3.8, 4) is 5.75 Å². The average Bonchev–Trinajstić information content (AvgIpc) is 2.67. The van der Waals surface area contributed by atoms with Gasteiger partial charge in [-0.15, -0.1) is 0 Å². The number of carbonyl (C=O) groups excluding carboxylic acids is 1. The van der Waals surface area contributed by atoms with E-state index in [0.717, 1.165) is 45.4 Å². The van der Waals surface area contributed by atoms with Crippen LogP contribution in [0.4, 0.5) is 0 Å². The summed E-state index contributed by atoms with van der Waals surface area (Å²) >= 11 is 0. The predicted octanol–water partition coefficient (Wildman–Crippen LogP) is 0.638. The molecule has 7 nitrogen and oxygen atoms in total. The van der Waals surface area contributed by atoms with Crippen molar-refractivity contribution in [3.05, 3.63) is 24.0 Å². The molecule has 2 atom stereocenters. The molecule has 1 aromatic heterocycles. The lowest BCUT2D eigenvalue weighted by atomic mass is 9.86. The number of hydrogen-bond donors (Lipinski definition) is 2. The van der Waals surface area contributed by atoms with E-state index in [9.17, 15) is 15.0 Å². The molecular weight excluding hydrogens is 332 g/mol. The van der Waals surface area contributed by atoms with Gasteiger partial charge in [0.1, 0.15) is 5.75 Å². The SMILES string of the molecule is CN1CCN([C@@H]2CCN(C(=O)c3ncccc3O)C[C@@H]2CCCO)CC1. The Morgan fingerprint density at radius 2 is 2.04 bits per heavy atom. The Labute approximate surface area is 155 Å². The first kappa shape index (κ1) is 19.1. The molecule has 1 aromatic rings. The summed E-state index contributed by atoms with van der Waals surface area (Å²) in [5, 5.41) is 19.2. The molecule has 1 amide bonds. The highest BCUT2D eigenvalue weighted by Gasteiger charge is 2.36. The standard InChI is InChI=1S/C19H30N4O3/c1-21-9-11-22(12-10-21)16-6-8-23(14-15(16)4-3-13-24)19(26)18-17(25)5-2-7-20-18/h2,5,7,15-16,24-25H,3-4,6,8-14H2,1H3/t15-,16+/m0/s1. The van der Waals surface area contributed by atoms with Gasteiger partial charge in [-0.1, -0.05) is 0 Å². The van der Waals surface area contributed by atoms with Gasteiger partial charge in [-0.25, -0.2) is 4.98 Å². The van der Waals surface area contributed by atoms with Gasteiger partial charge in [0.05, 0.1) is 0 Å². The van der Waals surface area contributed by atoms with E-state index in [2.05, 4.69) is 21.8 Å². The van der Waals surface area contributed by atoms with Crippen molar-refractivity contribution in [2.45, 2.75) is 25.3 Å². The molecule has 144 valence electrons. The van der Waals surface area contributed by atoms with Crippen molar-refractivity contribution in [2.24, 2.45) is 5.92 Å². The summed E-state index contributed by atoms with van der Waals surface area (Å²) in [6.45, 7) is 5.80. The lowest BCUT2D eigenvalue weighted by Crippen LogP contribution is -2.57. The third-order valence-electron chi connectivity index (χ3n) is 5.71. The third kappa shape index (κ3) is 4.34. The predicted molar refractivity (Wildman–Crippen MR) is 99.1 cm³/mol. The number of carbonyl (C=O) groups is 1. The van der Waals surface area contributed by atoms with Crippen LogP contribution in [0.3, 0.4) is 0 Å². The van der Waals surface area contributed by atoms with Crippen LogP contribution in [0.25, 0.3) is 0 Å². The van der Waals surface area contributed by atoms with Crippen molar-refractivity contribution in [1.82, 2.24) is 19.7 Å². The van der Waals surface area contributed by atoms with Gasteiger partial charge in [-0.2, -0.15) is 0 Å². The Kier molecular flexibility index (Phi) is 6.45. The fourth-order valence-corrected chi connectivity index (χ4v) is 4.19. The number of amides is 1. The summed E-state index contributed by atoms with van der Waals surface area (Å²) in [4.78, 5) is 23.6. The number of likely N-dealkylation sites (N-methyl/N-ethyl adjacent to an activating group) is 1. The van der Waals surface area contributed by atoms with Crippen LogP contribution < -0.4 is 0 Å². The van der Waals surface area contributed by atoms with E-state index in [-0.39, 0.29) is 24.0 Å². The average molecular weight is 362 g/mol. The number of likely N-dealkylation sites (tertiary alicyclic amines) is 1. The van der Waals surface area contributed by atoms with Crippen LogP contribution in [-0.2, 0) is 0 Å². The number of piperazine rings is 1. The zero-order valence-corrected chi connectivity index (χ0v) is 15.5. The molecule has 3 heterocycles. The molecule has 0 saturated carbocycles. The number of aromatic hydroxyl groups is 1. The first-order valence-corrected chi connectivity index (χ1v) is 9.57. The number of aliphatic hydroxyl groups excluding tert-OH is 1. The number of rotatable bonds is 5. The Hall–Kier alpha value is -1.70. The van der Waals surface area contributed by atoms with Crippen LogP contribution in [0.2, 0.25) is 0 Å². The van der Waals surface area contributed by atoms with Gasteiger partial charge in [0.25, 0.3) is 5.91 Å². The summed E-state index contributed by atoms with van der Waals surface area (Å²) in [6.07, 6.45) is 4.13. The van der Waals surface area contributed by atoms with Gasteiger partial charge in [-0.3, -0.25) is 9.69 Å². The Bertz CT molecular complexity index is 604. The molecule has 0 spiro atoms. The van der Waals surface area contributed by atoms with Crippen LogP contribution in [0, 0.1) is 5.92 Å². The van der Waals surface area contributed by atoms with Crippen LogP contribution in [0.5, 0.6) is 5.75 Å². The highest BCUT2D eigenvalue weighted by Crippen LogP contribution is 2.28. The summed E-state index contributed by atoms with van der Waals surface area (Å²) < 4.78 is 0. The minimum Gasteiger partial charge on any atom is -0.505 e. The van der Waals surface area contributed by atoms with Gasteiger partial charge < -0.3 is 20.0 Å². The number of nitrogens with zero attached hydrogens (tertiary/aromatic N) is 4. The maximum atomic E-state index is 12.8. The fraction of sp³-hybridized carbons (Fsp3) is 0.684. The summed E-state index contributed by atoms with van der Waals surface area (Å²) in [5.41, 5.74) is 0.131. The van der Waals surface area contributed by atoms with Crippen molar-refractivity contribution < 1.29 is 15.0 Å². The van der Waals surface area contributed by atoms with Crippen LogP contribution >= 0.6 is 0 Å². The van der Waals surface area contributed by atoms with Crippen LogP contribution in [-0.4, -0.2) is 94.8 Å². The molecule has 0 radical (unpaired) electrons. The number of pyridine rings is 1. The molecule has 2 aliphatic heterocycles. The molecule has 2 aliphatic rings. The first-order chi connectivity index (χ1) is 12.6. The zero-order chi connectivity index (χ0) is 18.5. The molecule has 26 heavy (non-hydrogen) atoms. The lowest BCUT2D eigenvalue weighted by molar-refractivity contribution is 0.0214. The van der Waals surface area contributed by atoms with Gasteiger partial charge in [0.2, 0.25) is 0 Å². The number of hydrogen-bond acceptors (Lipinski definition) is 6. The zero-order valence-electron chi connectivity index (χ0n) is 15.5. The quantitative estimate of drug-likeness (QED) is 0.800. The second kappa shape index (κ2) is 8.79. The largest absolute Gasteiger partial charge is 0.505 e. The van der Waals surface area contributed by atoms with Crippen molar-refractivity contribution in [2.75, 3.05) is 52.9 Å². The summed E-state index contributed by atoms with van der Waals surface area (Å²) in [7, 11) is 2.15. The maximum absolute atomic E-state index is 12.8. The highest BCUT2D eigenvalue weighted by atomic mass is 16.3. The van der Waals surface area contributed by atoms with Crippen molar-refractivity contribution in [3.63, 3.8) is 0 Å². The molecule has 2 saturated heterocycles. The van der Waals surface area contributed by atoms with E-state index in [1.165, 1.54) is 12.3 Å². The van der Waals surface area contributed by atoms with Gasteiger partial charge in [-0.05, 0) is 44.4 Å². The van der Waals surface area contributed by atoms with Gasteiger partial charge in [0.15, 0.2) is 5.69 Å². The minimum atomic E-state index is -0.200. The summed E-state index contributed by atoms with van der Waals surface area (Å²) in [6, 6.07) is 3.58. The Morgan fingerprint density at radius 3 is 2.73 bits per heavy atom. The van der Waals surface area contributed by atoms with Crippen molar-refractivity contribution >= 4 is 5.91 Å². The second-order valence-corrected chi connectivity index (χ2v) is 7.44. The molecule has 3 rings (SSSR count). The Balaban J connectivity index is 1.69. The van der Waals surface area contributed by atoms with Crippen molar-refractivity contribution in [1.29, 1.82) is 0 Å². The van der Waals surface area contributed by atoms with E-state index in [0.29, 0.717) is 25.0 Å².